The maximum Gasteiger partial charge on any atom is 0.118 e. The third-order valence-corrected chi connectivity index (χ3v) is 5.71. The average Bonchev–Trinajstić information content (AvgIpc) is 2.49. The number of benzene rings is 1. The quantitative estimate of drug-likeness (QED) is 0.682. The summed E-state index contributed by atoms with van der Waals surface area (Å²) in [6, 6.07) is 8.16. The Labute approximate surface area is 116 Å². The van der Waals surface area contributed by atoms with Crippen LogP contribution in [-0.2, 0) is 4.74 Å². The minimum Gasteiger partial charge on any atom is -0.497 e. The third-order valence-electron chi connectivity index (χ3n) is 2.56. The molecule has 2 rings (SSSR count). The average molecular weight is 287 g/mol. The molecule has 1 aromatic rings. The number of methoxy groups -OCH3 is 1. The highest BCUT2D eigenvalue weighted by molar-refractivity contribution is 8.47. The molecule has 0 amide bonds. The second kappa shape index (κ2) is 8.76. The Kier molecular flexibility index (Phi) is 7.68. The van der Waals surface area contributed by atoms with E-state index in [0.717, 1.165) is 32.1 Å². The van der Waals surface area contributed by atoms with Crippen molar-refractivity contribution in [2.45, 2.75) is 13.8 Å². The number of morpholine rings is 1. The van der Waals surface area contributed by atoms with Crippen LogP contribution in [0.2, 0.25) is 0 Å². The van der Waals surface area contributed by atoms with Crippen LogP contribution in [0.25, 0.3) is 0 Å². The Hall–Kier alpha value is -0.280. The van der Waals surface area contributed by atoms with Gasteiger partial charge in [-0.25, -0.2) is 0 Å². The fourth-order valence-electron chi connectivity index (χ4n) is 1.62. The van der Waals surface area contributed by atoms with Gasteiger partial charge in [0.15, 0.2) is 0 Å². The van der Waals surface area contributed by atoms with Crippen LogP contribution in [0.15, 0.2) is 24.3 Å². The molecule has 18 heavy (non-hydrogen) atoms. The molecule has 0 saturated carbocycles. The number of thiol groups is 1. The molecule has 0 spiro atoms. The summed E-state index contributed by atoms with van der Waals surface area (Å²) in [4.78, 5) is 0. The van der Waals surface area contributed by atoms with E-state index in [4.69, 9.17) is 21.7 Å². The monoisotopic (exact) mass is 287 g/mol. The van der Waals surface area contributed by atoms with Crippen molar-refractivity contribution in [3.8, 4) is 5.75 Å². The molecule has 1 aromatic carbocycles. The van der Waals surface area contributed by atoms with Crippen molar-refractivity contribution in [3.05, 3.63) is 24.3 Å². The molecule has 1 aliphatic rings. The zero-order valence-corrected chi connectivity index (χ0v) is 13.1. The summed E-state index contributed by atoms with van der Waals surface area (Å²) >= 11 is 4.72. The Morgan fingerprint density at radius 1 is 1.17 bits per heavy atom. The number of rotatable bonds is 3. The topological polar surface area (TPSA) is 21.7 Å². The molecule has 1 heterocycles. The van der Waals surface area contributed by atoms with E-state index in [0.29, 0.717) is 0 Å². The van der Waals surface area contributed by atoms with Crippen LogP contribution < -0.4 is 10.0 Å². The van der Waals surface area contributed by atoms with Gasteiger partial charge in [-0.2, -0.15) is 0 Å². The van der Waals surface area contributed by atoms with E-state index in [9.17, 15) is 0 Å². The van der Waals surface area contributed by atoms with Gasteiger partial charge in [0.25, 0.3) is 0 Å². The molecule has 0 aliphatic carbocycles. The Balaban J connectivity index is 0.000000771. The maximum atomic E-state index is 5.34. The predicted octanol–water partition coefficient (Wildman–Crippen LogP) is 2.92. The molecular formula is C13H22NO2PS. The van der Waals surface area contributed by atoms with Gasteiger partial charge in [-0.3, -0.25) is 4.67 Å². The van der Waals surface area contributed by atoms with Gasteiger partial charge in [0.2, 0.25) is 0 Å². The van der Waals surface area contributed by atoms with E-state index < -0.39 is 7.27 Å². The Bertz CT molecular complexity index is 328. The number of nitrogens with zero attached hydrogens (tertiary/aromatic N) is 1. The highest BCUT2D eigenvalue weighted by Gasteiger charge is 2.19. The zero-order valence-electron chi connectivity index (χ0n) is 11.3. The molecule has 1 fully saturated rings. The van der Waals surface area contributed by atoms with Crippen molar-refractivity contribution in [3.63, 3.8) is 0 Å². The van der Waals surface area contributed by atoms with E-state index in [-0.39, 0.29) is 0 Å². The van der Waals surface area contributed by atoms with Crippen molar-refractivity contribution in [2.24, 2.45) is 0 Å². The summed E-state index contributed by atoms with van der Waals surface area (Å²) in [7, 11) is 1.16. The predicted molar refractivity (Wildman–Crippen MR) is 82.3 cm³/mol. The first kappa shape index (κ1) is 15.8. The third kappa shape index (κ3) is 4.43. The van der Waals surface area contributed by atoms with Crippen LogP contribution in [0.1, 0.15) is 13.8 Å². The van der Waals surface area contributed by atoms with Gasteiger partial charge in [-0.1, -0.05) is 13.8 Å². The zero-order chi connectivity index (χ0) is 13.4. The first-order valence-electron chi connectivity index (χ1n) is 6.27. The second-order valence-corrected chi connectivity index (χ2v) is 6.35. The minimum absolute atomic E-state index is 0.519. The summed E-state index contributed by atoms with van der Waals surface area (Å²) in [5.41, 5.74) is 0. The molecule has 1 aliphatic heterocycles. The fraction of sp³-hybridized carbons (Fsp3) is 0.538. The highest BCUT2D eigenvalue weighted by Crippen LogP contribution is 2.44. The van der Waals surface area contributed by atoms with Crippen LogP contribution in [0.3, 0.4) is 0 Å². The lowest BCUT2D eigenvalue weighted by Gasteiger charge is -2.31. The lowest BCUT2D eigenvalue weighted by atomic mass is 10.3. The summed E-state index contributed by atoms with van der Waals surface area (Å²) < 4.78 is 12.9. The van der Waals surface area contributed by atoms with Gasteiger partial charge in [-0.05, 0) is 24.3 Å². The first-order chi connectivity index (χ1) is 8.81. The van der Waals surface area contributed by atoms with Crippen molar-refractivity contribution >= 4 is 24.8 Å². The van der Waals surface area contributed by atoms with Crippen molar-refractivity contribution in [1.82, 2.24) is 4.67 Å². The molecule has 0 N–H and O–H groups in total. The van der Waals surface area contributed by atoms with E-state index in [1.807, 2.05) is 26.0 Å². The van der Waals surface area contributed by atoms with Gasteiger partial charge < -0.3 is 9.47 Å². The molecule has 0 bridgehead atoms. The molecule has 102 valence electrons. The first-order valence-corrected chi connectivity index (χ1v) is 8.71. The maximum absolute atomic E-state index is 5.34. The Morgan fingerprint density at radius 2 is 1.72 bits per heavy atom. The van der Waals surface area contributed by atoms with Crippen molar-refractivity contribution in [1.29, 1.82) is 0 Å². The lowest BCUT2D eigenvalue weighted by molar-refractivity contribution is 0.0760. The van der Waals surface area contributed by atoms with Crippen molar-refractivity contribution in [2.75, 3.05) is 33.4 Å². The molecule has 0 radical (unpaired) electrons. The van der Waals surface area contributed by atoms with Gasteiger partial charge >= 0.3 is 0 Å². The molecule has 1 saturated heterocycles. The summed E-state index contributed by atoms with van der Waals surface area (Å²) in [6.07, 6.45) is 0. The van der Waals surface area contributed by atoms with Crippen LogP contribution in [-0.4, -0.2) is 38.1 Å². The van der Waals surface area contributed by atoms with Gasteiger partial charge in [0.1, 0.15) is 5.75 Å². The molecule has 1 atom stereocenters. The highest BCUT2D eigenvalue weighted by atomic mass is 32.7. The van der Waals surface area contributed by atoms with Crippen LogP contribution in [0.5, 0.6) is 5.75 Å². The van der Waals surface area contributed by atoms with E-state index in [2.05, 4.69) is 16.8 Å². The number of hydrogen-bond acceptors (Lipinski definition) is 4. The van der Waals surface area contributed by atoms with Crippen LogP contribution >= 0.6 is 19.5 Å². The van der Waals surface area contributed by atoms with E-state index >= 15 is 0 Å². The summed E-state index contributed by atoms with van der Waals surface area (Å²) in [6.45, 7) is 7.58. The number of hydrogen-bond donors (Lipinski definition) is 1. The van der Waals surface area contributed by atoms with Crippen LogP contribution in [0, 0.1) is 0 Å². The fourth-order valence-corrected chi connectivity index (χ4v) is 3.84. The van der Waals surface area contributed by atoms with E-state index in [1.165, 1.54) is 5.30 Å². The SMILES string of the molecule is CC.COc1ccc(P(S)N2CCOCC2)cc1. The molecule has 3 nitrogen and oxygen atoms in total. The van der Waals surface area contributed by atoms with Gasteiger partial charge in [0, 0.05) is 18.4 Å². The number of ether oxygens (including phenoxy) is 2. The smallest absolute Gasteiger partial charge is 0.118 e. The van der Waals surface area contributed by atoms with Crippen molar-refractivity contribution < 1.29 is 9.47 Å². The van der Waals surface area contributed by atoms with Gasteiger partial charge in [0.05, 0.1) is 27.6 Å². The molecule has 1 unspecified atom stereocenters. The van der Waals surface area contributed by atoms with E-state index in [1.54, 1.807) is 7.11 Å². The normalized spacial score (nSPS) is 17.6. The lowest BCUT2D eigenvalue weighted by Crippen LogP contribution is -2.33. The molecule has 0 aromatic heterocycles. The Morgan fingerprint density at radius 3 is 2.22 bits per heavy atom. The van der Waals surface area contributed by atoms with Crippen LogP contribution in [0.4, 0.5) is 0 Å². The second-order valence-electron chi connectivity index (χ2n) is 3.55. The van der Waals surface area contributed by atoms with Gasteiger partial charge in [-0.15, -0.1) is 12.2 Å². The minimum atomic E-state index is -0.519. The molecular weight excluding hydrogens is 265 g/mol. The largest absolute Gasteiger partial charge is 0.497 e. The molecule has 5 heteroatoms. The standard InChI is InChI=1S/C11H16NO2PS.C2H6/c1-13-10-2-4-11(5-3-10)15(16)12-6-8-14-9-7-12;1-2/h2-5,16H,6-9H2,1H3;1-2H3. The summed E-state index contributed by atoms with van der Waals surface area (Å²) in [5, 5.41) is 1.26. The summed E-state index contributed by atoms with van der Waals surface area (Å²) in [5.74, 6) is 0.891.